The van der Waals surface area contributed by atoms with Crippen molar-refractivity contribution in [1.29, 1.82) is 0 Å². The minimum atomic E-state index is -3.41. The van der Waals surface area contributed by atoms with E-state index in [1.54, 1.807) is 19.2 Å². The predicted octanol–water partition coefficient (Wildman–Crippen LogP) is 2.52. The Morgan fingerprint density at radius 1 is 1.10 bits per heavy atom. The molecule has 0 spiro atoms. The highest BCUT2D eigenvalue weighted by Gasteiger charge is 2.27. The van der Waals surface area contributed by atoms with E-state index in [4.69, 9.17) is 0 Å². The first-order chi connectivity index (χ1) is 14.5. The summed E-state index contributed by atoms with van der Waals surface area (Å²) in [5.74, 6) is 0.710. The number of rotatable bonds is 8. The highest BCUT2D eigenvalue weighted by atomic mass is 32.2. The number of H-pyrrole nitrogens is 1. The Bertz CT molecular complexity index is 1130. The van der Waals surface area contributed by atoms with Gasteiger partial charge in [0.25, 0.3) is 0 Å². The van der Waals surface area contributed by atoms with Gasteiger partial charge in [-0.1, -0.05) is 30.3 Å². The molecule has 0 amide bonds. The molecule has 2 aromatic carbocycles. The zero-order chi connectivity index (χ0) is 21.0. The summed E-state index contributed by atoms with van der Waals surface area (Å²) in [4.78, 5) is 7.86. The molecule has 1 aliphatic rings. The van der Waals surface area contributed by atoms with Gasteiger partial charge in [-0.2, -0.15) is 0 Å². The molecule has 0 aliphatic heterocycles. The third-order valence-corrected chi connectivity index (χ3v) is 6.71. The van der Waals surface area contributed by atoms with Crippen LogP contribution in [0.3, 0.4) is 0 Å². The first-order valence-electron chi connectivity index (χ1n) is 10.2. The van der Waals surface area contributed by atoms with Gasteiger partial charge in [0.1, 0.15) is 0 Å². The van der Waals surface area contributed by atoms with Crippen molar-refractivity contribution in [1.82, 2.24) is 20.3 Å². The van der Waals surface area contributed by atoms with Crippen LogP contribution < -0.4 is 15.4 Å². The second kappa shape index (κ2) is 8.89. The van der Waals surface area contributed by atoms with Crippen molar-refractivity contribution in [3.05, 3.63) is 65.9 Å². The van der Waals surface area contributed by atoms with E-state index >= 15 is 0 Å². The molecule has 1 saturated carbocycles. The van der Waals surface area contributed by atoms with Crippen LogP contribution in [0.25, 0.3) is 10.9 Å². The Morgan fingerprint density at radius 3 is 2.60 bits per heavy atom. The fraction of sp³-hybridized carbons (Fsp3) is 0.318. The van der Waals surface area contributed by atoms with Gasteiger partial charge in [0.15, 0.2) is 5.96 Å². The summed E-state index contributed by atoms with van der Waals surface area (Å²) in [6, 6.07) is 15.3. The highest BCUT2D eigenvalue weighted by Crippen LogP contribution is 2.22. The normalized spacial score (nSPS) is 14.8. The number of aliphatic imine (C=N–C) groups is 1. The Kier molecular flexibility index (Phi) is 6.06. The van der Waals surface area contributed by atoms with E-state index in [0.29, 0.717) is 17.4 Å². The van der Waals surface area contributed by atoms with Crippen molar-refractivity contribution < 1.29 is 8.42 Å². The number of aromatic nitrogens is 1. The molecule has 7 nitrogen and oxygen atoms in total. The number of nitrogens with zero attached hydrogens (tertiary/aromatic N) is 1. The van der Waals surface area contributed by atoms with E-state index in [2.05, 4.69) is 43.7 Å². The molecule has 4 rings (SSSR count). The van der Waals surface area contributed by atoms with Crippen molar-refractivity contribution in [2.45, 2.75) is 36.7 Å². The van der Waals surface area contributed by atoms with Crippen LogP contribution in [0.1, 0.15) is 24.0 Å². The molecule has 1 aliphatic carbocycles. The number of aromatic amines is 1. The number of benzene rings is 2. The molecule has 158 valence electrons. The molecule has 30 heavy (non-hydrogen) atoms. The molecule has 1 aromatic heterocycles. The first kappa shape index (κ1) is 20.4. The van der Waals surface area contributed by atoms with Gasteiger partial charge in [-0.25, -0.2) is 13.1 Å². The van der Waals surface area contributed by atoms with Crippen LogP contribution in [0, 0.1) is 0 Å². The molecule has 0 atom stereocenters. The maximum absolute atomic E-state index is 12.2. The highest BCUT2D eigenvalue weighted by molar-refractivity contribution is 7.89. The molecule has 3 aromatic rings. The molecule has 8 heteroatoms. The van der Waals surface area contributed by atoms with E-state index in [-0.39, 0.29) is 6.04 Å². The van der Waals surface area contributed by atoms with Gasteiger partial charge in [-0.05, 0) is 48.6 Å². The standard InChI is InChI=1S/C22H27N5O2S/c1-23-22(24-13-12-17-15-25-21-5-3-2-4-20(17)21)26-14-16-6-10-19(11-7-16)30(28,29)27-18-8-9-18/h2-7,10-11,15,18,25,27H,8-9,12-14H2,1H3,(H2,23,24,26). The summed E-state index contributed by atoms with van der Waals surface area (Å²) in [7, 11) is -1.67. The molecule has 1 heterocycles. The fourth-order valence-electron chi connectivity index (χ4n) is 3.34. The van der Waals surface area contributed by atoms with E-state index < -0.39 is 10.0 Å². The van der Waals surface area contributed by atoms with Crippen molar-refractivity contribution in [2.75, 3.05) is 13.6 Å². The van der Waals surface area contributed by atoms with Gasteiger partial charge in [-0.3, -0.25) is 4.99 Å². The van der Waals surface area contributed by atoms with Gasteiger partial charge in [0.05, 0.1) is 4.90 Å². The summed E-state index contributed by atoms with van der Waals surface area (Å²) in [5.41, 5.74) is 3.40. The van der Waals surface area contributed by atoms with E-state index in [9.17, 15) is 8.42 Å². The topological polar surface area (TPSA) is 98.4 Å². The molecule has 0 radical (unpaired) electrons. The Hall–Kier alpha value is -2.84. The third kappa shape index (κ3) is 5.01. The fourth-order valence-corrected chi connectivity index (χ4v) is 4.64. The summed E-state index contributed by atoms with van der Waals surface area (Å²) >= 11 is 0. The lowest BCUT2D eigenvalue weighted by molar-refractivity contribution is 0.581. The summed E-state index contributed by atoms with van der Waals surface area (Å²) in [6.07, 6.45) is 4.78. The lowest BCUT2D eigenvalue weighted by Crippen LogP contribution is -2.37. The SMILES string of the molecule is CN=C(NCCc1c[nH]c2ccccc12)NCc1ccc(S(=O)(=O)NC2CC2)cc1. The van der Waals surface area contributed by atoms with Crippen LogP contribution in [0.4, 0.5) is 0 Å². The number of guanidine groups is 1. The van der Waals surface area contributed by atoms with Crippen molar-refractivity contribution in [3.8, 4) is 0 Å². The zero-order valence-electron chi connectivity index (χ0n) is 17.0. The predicted molar refractivity (Wildman–Crippen MR) is 120 cm³/mol. The maximum Gasteiger partial charge on any atom is 0.240 e. The summed E-state index contributed by atoms with van der Waals surface area (Å²) in [6.45, 7) is 1.31. The van der Waals surface area contributed by atoms with E-state index in [1.165, 1.54) is 10.9 Å². The molecular weight excluding hydrogens is 398 g/mol. The van der Waals surface area contributed by atoms with E-state index in [0.717, 1.165) is 36.9 Å². The minimum Gasteiger partial charge on any atom is -0.361 e. The van der Waals surface area contributed by atoms with Crippen LogP contribution in [0.2, 0.25) is 0 Å². The Morgan fingerprint density at radius 2 is 1.87 bits per heavy atom. The van der Waals surface area contributed by atoms with Crippen LogP contribution in [-0.4, -0.2) is 39.0 Å². The van der Waals surface area contributed by atoms with E-state index in [1.807, 2.05) is 24.3 Å². The van der Waals surface area contributed by atoms with Crippen LogP contribution in [-0.2, 0) is 23.0 Å². The number of hydrogen-bond acceptors (Lipinski definition) is 3. The number of fused-ring (bicyclic) bond motifs is 1. The molecule has 0 unspecified atom stereocenters. The average molecular weight is 426 g/mol. The molecule has 0 saturated heterocycles. The smallest absolute Gasteiger partial charge is 0.240 e. The minimum absolute atomic E-state index is 0.106. The summed E-state index contributed by atoms with van der Waals surface area (Å²) < 4.78 is 27.2. The van der Waals surface area contributed by atoms with Gasteiger partial charge in [-0.15, -0.1) is 0 Å². The first-order valence-corrected chi connectivity index (χ1v) is 11.6. The number of para-hydroxylation sites is 1. The Balaban J connectivity index is 1.27. The zero-order valence-corrected chi connectivity index (χ0v) is 17.8. The second-order valence-electron chi connectivity index (χ2n) is 7.50. The Labute approximate surface area is 177 Å². The third-order valence-electron chi connectivity index (χ3n) is 5.18. The van der Waals surface area contributed by atoms with Crippen molar-refractivity contribution >= 4 is 26.9 Å². The lowest BCUT2D eigenvalue weighted by atomic mass is 10.1. The lowest BCUT2D eigenvalue weighted by Gasteiger charge is -2.12. The molecule has 1 fully saturated rings. The average Bonchev–Trinajstić information content (AvgIpc) is 3.47. The summed E-state index contributed by atoms with van der Waals surface area (Å²) in [5, 5.41) is 7.84. The quantitative estimate of drug-likeness (QED) is 0.329. The molecule has 4 N–H and O–H groups in total. The largest absolute Gasteiger partial charge is 0.361 e. The van der Waals surface area contributed by atoms with Crippen LogP contribution >= 0.6 is 0 Å². The maximum atomic E-state index is 12.2. The van der Waals surface area contributed by atoms with Gasteiger partial charge >= 0.3 is 0 Å². The van der Waals surface area contributed by atoms with Crippen LogP contribution in [0.5, 0.6) is 0 Å². The second-order valence-corrected chi connectivity index (χ2v) is 9.22. The number of hydrogen-bond donors (Lipinski definition) is 4. The van der Waals surface area contributed by atoms with Gasteiger partial charge in [0.2, 0.25) is 10.0 Å². The molecular formula is C22H27N5O2S. The van der Waals surface area contributed by atoms with Gasteiger partial charge in [0, 0.05) is 43.3 Å². The van der Waals surface area contributed by atoms with Gasteiger partial charge < -0.3 is 15.6 Å². The molecule has 0 bridgehead atoms. The monoisotopic (exact) mass is 425 g/mol. The van der Waals surface area contributed by atoms with Crippen LogP contribution in [0.15, 0.2) is 64.6 Å². The number of nitrogens with one attached hydrogen (secondary N) is 4. The van der Waals surface area contributed by atoms with Crippen molar-refractivity contribution in [2.24, 2.45) is 4.99 Å². The van der Waals surface area contributed by atoms with Crippen molar-refractivity contribution in [3.63, 3.8) is 0 Å². The number of sulfonamides is 1.